The molecule has 4 rings (SSSR count). The van der Waals surface area contributed by atoms with Crippen LogP contribution in [0.4, 0.5) is 5.69 Å². The molecule has 1 N–H and O–H groups in total. The molecule has 1 fully saturated rings. The van der Waals surface area contributed by atoms with Gasteiger partial charge in [-0.05, 0) is 43.4 Å². The van der Waals surface area contributed by atoms with Gasteiger partial charge >= 0.3 is 5.97 Å². The van der Waals surface area contributed by atoms with E-state index in [-0.39, 0.29) is 11.8 Å². The Morgan fingerprint density at radius 1 is 1.10 bits per heavy atom. The number of amides is 1. The zero-order valence-corrected chi connectivity index (χ0v) is 17.2. The maximum atomic E-state index is 12.7. The highest BCUT2D eigenvalue weighted by molar-refractivity contribution is 6.37. The SMILES string of the molecule is N#CC1(NC(=O)COC(=O)C2=NN(c3ccccc3)C(c3ccccc3)C2)CCCC1. The number of carbonyl (C=O) groups excluding carboxylic acids is 2. The second-order valence-corrected chi connectivity index (χ2v) is 7.88. The van der Waals surface area contributed by atoms with E-state index < -0.39 is 24.0 Å². The molecule has 2 aliphatic rings. The van der Waals surface area contributed by atoms with Crippen LogP contribution in [0, 0.1) is 11.3 Å². The Morgan fingerprint density at radius 3 is 2.39 bits per heavy atom. The largest absolute Gasteiger partial charge is 0.451 e. The predicted octanol–water partition coefficient (Wildman–Crippen LogP) is 3.49. The fourth-order valence-electron chi connectivity index (χ4n) is 4.15. The molecule has 2 aromatic carbocycles. The molecule has 1 atom stereocenters. The zero-order chi connectivity index (χ0) is 21.7. The van der Waals surface area contributed by atoms with Crippen molar-refractivity contribution in [2.75, 3.05) is 11.6 Å². The number of hydrogen-bond donors (Lipinski definition) is 1. The Labute approximate surface area is 181 Å². The van der Waals surface area contributed by atoms with Gasteiger partial charge in [0.2, 0.25) is 0 Å². The summed E-state index contributed by atoms with van der Waals surface area (Å²) in [6.07, 6.45) is 3.43. The van der Waals surface area contributed by atoms with E-state index in [1.54, 1.807) is 0 Å². The molecule has 2 aromatic rings. The molecule has 0 aromatic heterocycles. The van der Waals surface area contributed by atoms with Gasteiger partial charge < -0.3 is 10.1 Å². The molecular formula is C24H24N4O3. The van der Waals surface area contributed by atoms with Crippen LogP contribution in [-0.4, -0.2) is 29.7 Å². The van der Waals surface area contributed by atoms with Crippen LogP contribution in [-0.2, 0) is 14.3 Å². The number of carbonyl (C=O) groups is 2. The number of hydrazone groups is 1. The number of benzene rings is 2. The van der Waals surface area contributed by atoms with Gasteiger partial charge in [-0.2, -0.15) is 10.4 Å². The minimum atomic E-state index is -0.836. The zero-order valence-electron chi connectivity index (χ0n) is 17.2. The van der Waals surface area contributed by atoms with Gasteiger partial charge in [0, 0.05) is 6.42 Å². The average molecular weight is 416 g/mol. The van der Waals surface area contributed by atoms with Crippen molar-refractivity contribution in [1.82, 2.24) is 5.32 Å². The third-order valence-corrected chi connectivity index (χ3v) is 5.74. The number of nitrogens with zero attached hydrogens (tertiary/aromatic N) is 3. The van der Waals surface area contributed by atoms with E-state index in [9.17, 15) is 14.9 Å². The molecule has 1 unspecified atom stereocenters. The van der Waals surface area contributed by atoms with Gasteiger partial charge in [-0.15, -0.1) is 0 Å². The van der Waals surface area contributed by atoms with Crippen LogP contribution in [0.3, 0.4) is 0 Å². The van der Waals surface area contributed by atoms with Crippen molar-refractivity contribution in [3.63, 3.8) is 0 Å². The van der Waals surface area contributed by atoms with Crippen LogP contribution >= 0.6 is 0 Å². The Morgan fingerprint density at radius 2 is 1.74 bits per heavy atom. The topological polar surface area (TPSA) is 94.8 Å². The normalized spacial score (nSPS) is 19.4. The summed E-state index contributed by atoms with van der Waals surface area (Å²) in [5.41, 5.74) is 1.33. The third-order valence-electron chi connectivity index (χ3n) is 5.74. The van der Waals surface area contributed by atoms with Crippen molar-refractivity contribution < 1.29 is 14.3 Å². The van der Waals surface area contributed by atoms with E-state index in [0.29, 0.717) is 19.3 Å². The average Bonchev–Trinajstić information content (AvgIpc) is 3.47. The second-order valence-electron chi connectivity index (χ2n) is 7.88. The van der Waals surface area contributed by atoms with E-state index in [1.807, 2.05) is 65.7 Å². The van der Waals surface area contributed by atoms with Crippen molar-refractivity contribution >= 4 is 23.3 Å². The fourth-order valence-corrected chi connectivity index (χ4v) is 4.15. The van der Waals surface area contributed by atoms with E-state index in [2.05, 4.69) is 16.5 Å². The lowest BCUT2D eigenvalue weighted by Crippen LogP contribution is -2.46. The number of nitriles is 1. The molecule has 1 heterocycles. The van der Waals surface area contributed by atoms with Crippen LogP contribution in [0.15, 0.2) is 65.8 Å². The summed E-state index contributed by atoms with van der Waals surface area (Å²) >= 11 is 0. The molecule has 7 nitrogen and oxygen atoms in total. The Bertz CT molecular complexity index is 1010. The summed E-state index contributed by atoms with van der Waals surface area (Å²) in [6.45, 7) is -0.428. The highest BCUT2D eigenvalue weighted by Crippen LogP contribution is 2.35. The molecule has 0 radical (unpaired) electrons. The number of nitrogens with one attached hydrogen (secondary N) is 1. The molecule has 1 saturated carbocycles. The third kappa shape index (κ3) is 4.58. The lowest BCUT2D eigenvalue weighted by molar-refractivity contribution is -0.142. The number of rotatable bonds is 6. The number of para-hydroxylation sites is 1. The van der Waals surface area contributed by atoms with E-state index in [0.717, 1.165) is 24.1 Å². The number of anilines is 1. The van der Waals surface area contributed by atoms with Gasteiger partial charge in [-0.1, -0.05) is 48.5 Å². The van der Waals surface area contributed by atoms with Crippen molar-refractivity contribution in [1.29, 1.82) is 5.26 Å². The van der Waals surface area contributed by atoms with Crippen molar-refractivity contribution in [3.8, 4) is 6.07 Å². The van der Waals surface area contributed by atoms with Crippen LogP contribution in [0.5, 0.6) is 0 Å². The highest BCUT2D eigenvalue weighted by Gasteiger charge is 2.36. The van der Waals surface area contributed by atoms with Crippen LogP contribution in [0.2, 0.25) is 0 Å². The van der Waals surface area contributed by atoms with Crippen LogP contribution in [0.1, 0.15) is 43.7 Å². The Kier molecular flexibility index (Phi) is 5.99. The first-order valence-corrected chi connectivity index (χ1v) is 10.5. The smallest absolute Gasteiger partial charge is 0.355 e. The van der Waals surface area contributed by atoms with Gasteiger partial charge in [0.05, 0.1) is 17.8 Å². The maximum Gasteiger partial charge on any atom is 0.355 e. The number of hydrogen-bond acceptors (Lipinski definition) is 6. The van der Waals surface area contributed by atoms with Gasteiger partial charge in [0.25, 0.3) is 5.91 Å². The monoisotopic (exact) mass is 416 g/mol. The van der Waals surface area contributed by atoms with Crippen molar-refractivity contribution in [3.05, 3.63) is 66.2 Å². The van der Waals surface area contributed by atoms with E-state index in [1.165, 1.54) is 0 Å². The molecule has 31 heavy (non-hydrogen) atoms. The molecule has 0 spiro atoms. The minimum absolute atomic E-state index is 0.139. The summed E-state index contributed by atoms with van der Waals surface area (Å²) < 4.78 is 5.24. The molecule has 0 bridgehead atoms. The summed E-state index contributed by atoms with van der Waals surface area (Å²) in [7, 11) is 0. The lowest BCUT2D eigenvalue weighted by Gasteiger charge is -2.23. The van der Waals surface area contributed by atoms with E-state index in [4.69, 9.17) is 4.74 Å². The molecular weight excluding hydrogens is 392 g/mol. The molecule has 7 heteroatoms. The first-order valence-electron chi connectivity index (χ1n) is 10.5. The fraction of sp³-hybridized carbons (Fsp3) is 0.333. The number of ether oxygens (including phenoxy) is 1. The number of esters is 1. The quantitative estimate of drug-likeness (QED) is 0.728. The maximum absolute atomic E-state index is 12.7. The Balaban J connectivity index is 1.44. The molecule has 0 saturated heterocycles. The lowest BCUT2D eigenvalue weighted by atomic mass is 10.00. The molecule has 1 aliphatic heterocycles. The minimum Gasteiger partial charge on any atom is -0.451 e. The summed E-state index contributed by atoms with van der Waals surface area (Å²) in [5, 5.41) is 18.5. The van der Waals surface area contributed by atoms with Crippen LogP contribution in [0.25, 0.3) is 0 Å². The first kappa shape index (κ1) is 20.6. The molecule has 158 valence electrons. The summed E-state index contributed by atoms with van der Waals surface area (Å²) in [4.78, 5) is 24.9. The second kappa shape index (κ2) is 9.00. The van der Waals surface area contributed by atoms with Crippen molar-refractivity contribution in [2.45, 2.75) is 43.7 Å². The van der Waals surface area contributed by atoms with Gasteiger partial charge in [0.15, 0.2) is 6.61 Å². The molecule has 1 aliphatic carbocycles. The first-order chi connectivity index (χ1) is 15.1. The van der Waals surface area contributed by atoms with Gasteiger partial charge in [0.1, 0.15) is 11.3 Å². The standard InChI is InChI=1S/C24H24N4O3/c25-17-24(13-7-8-14-24)26-22(29)16-31-23(30)20-15-21(18-9-3-1-4-10-18)28(27-20)19-11-5-2-6-12-19/h1-6,9-12,21H,7-8,13-16H2,(H,26,29). The van der Waals surface area contributed by atoms with Crippen molar-refractivity contribution in [2.24, 2.45) is 5.10 Å². The highest BCUT2D eigenvalue weighted by atomic mass is 16.5. The molecule has 1 amide bonds. The summed E-state index contributed by atoms with van der Waals surface area (Å²) in [6, 6.07) is 21.5. The van der Waals surface area contributed by atoms with E-state index >= 15 is 0 Å². The Hall–Kier alpha value is -3.66. The van der Waals surface area contributed by atoms with Gasteiger partial charge in [-0.25, -0.2) is 4.79 Å². The summed E-state index contributed by atoms with van der Waals surface area (Å²) in [5.74, 6) is -1.08. The predicted molar refractivity (Wildman–Crippen MR) is 116 cm³/mol. The van der Waals surface area contributed by atoms with Gasteiger partial charge in [-0.3, -0.25) is 9.80 Å². The van der Waals surface area contributed by atoms with Crippen LogP contribution < -0.4 is 10.3 Å².